The van der Waals surface area contributed by atoms with Crippen LogP contribution in [0.3, 0.4) is 0 Å². The van der Waals surface area contributed by atoms with Gasteiger partial charge in [0.25, 0.3) is 0 Å². The first-order chi connectivity index (χ1) is 8.17. The average molecular weight is 301 g/mol. The zero-order chi connectivity index (χ0) is 12.7. The first-order valence-electron chi connectivity index (χ1n) is 5.94. The van der Waals surface area contributed by atoms with E-state index in [1.165, 1.54) is 0 Å². The van der Waals surface area contributed by atoms with E-state index >= 15 is 0 Å². The van der Waals surface area contributed by atoms with Gasteiger partial charge in [0.15, 0.2) is 0 Å². The molecular formula is C12H21BrN4. The Bertz CT molecular complexity index is 313. The van der Waals surface area contributed by atoms with E-state index < -0.39 is 0 Å². The van der Waals surface area contributed by atoms with Gasteiger partial charge in [-0.3, -0.25) is 0 Å². The fourth-order valence-corrected chi connectivity index (χ4v) is 1.77. The Morgan fingerprint density at radius 2 is 1.76 bits per heavy atom. The first-order valence-corrected chi connectivity index (χ1v) is 7.06. The minimum atomic E-state index is 0.804. The van der Waals surface area contributed by atoms with Crippen LogP contribution in [0.2, 0.25) is 0 Å². The molecule has 0 radical (unpaired) electrons. The summed E-state index contributed by atoms with van der Waals surface area (Å²) in [5.74, 6) is 0.832. The topological polar surface area (TPSA) is 32.3 Å². The van der Waals surface area contributed by atoms with E-state index in [1.54, 1.807) is 0 Å². The molecule has 0 spiro atoms. The van der Waals surface area contributed by atoms with E-state index in [0.717, 1.165) is 42.9 Å². The summed E-state index contributed by atoms with van der Waals surface area (Å²) >= 11 is 3.40. The molecule has 0 aromatic carbocycles. The highest BCUT2D eigenvalue weighted by molar-refractivity contribution is 9.08. The number of nitrogens with zero attached hydrogens (tertiary/aromatic N) is 4. The molecule has 17 heavy (non-hydrogen) atoms. The van der Waals surface area contributed by atoms with Crippen molar-refractivity contribution in [3.63, 3.8) is 0 Å². The Labute approximate surface area is 112 Å². The number of alkyl halides is 1. The lowest BCUT2D eigenvalue weighted by molar-refractivity contribution is 0.411. The second kappa shape index (κ2) is 7.61. The number of hydrogen-bond acceptors (Lipinski definition) is 4. The van der Waals surface area contributed by atoms with Crippen LogP contribution in [0.25, 0.3) is 0 Å². The third-order valence-electron chi connectivity index (χ3n) is 2.44. The van der Waals surface area contributed by atoms with Gasteiger partial charge in [-0.25, -0.2) is 9.97 Å². The molecule has 0 fully saturated rings. The number of rotatable bonds is 7. The third kappa shape index (κ3) is 5.00. The maximum absolute atomic E-state index is 4.41. The van der Waals surface area contributed by atoms with Crippen LogP contribution < -0.4 is 4.90 Å². The highest BCUT2D eigenvalue weighted by Crippen LogP contribution is 2.09. The molecule has 0 N–H and O–H groups in total. The predicted octanol–water partition coefficient (Wildman–Crippen LogP) is 2.15. The molecule has 0 amide bonds. The van der Waals surface area contributed by atoms with Gasteiger partial charge in [-0.15, -0.1) is 0 Å². The van der Waals surface area contributed by atoms with Crippen molar-refractivity contribution in [3.05, 3.63) is 18.0 Å². The lowest BCUT2D eigenvalue weighted by Crippen LogP contribution is -2.33. The van der Waals surface area contributed by atoms with Crippen molar-refractivity contribution in [2.24, 2.45) is 0 Å². The summed E-state index contributed by atoms with van der Waals surface area (Å²) < 4.78 is 0. The molecule has 0 aliphatic heterocycles. The van der Waals surface area contributed by atoms with Gasteiger partial charge in [0.2, 0.25) is 5.95 Å². The molecule has 1 rings (SSSR count). The molecule has 0 saturated carbocycles. The summed E-state index contributed by atoms with van der Waals surface area (Å²) in [5.41, 5.74) is 1.11. The van der Waals surface area contributed by atoms with Crippen molar-refractivity contribution in [1.29, 1.82) is 0 Å². The number of likely N-dealkylation sites (N-methyl/N-ethyl adjacent to an activating group) is 1. The van der Waals surface area contributed by atoms with E-state index in [0.29, 0.717) is 0 Å². The third-order valence-corrected chi connectivity index (χ3v) is 3.09. The van der Waals surface area contributed by atoms with E-state index in [1.807, 2.05) is 12.4 Å². The van der Waals surface area contributed by atoms with E-state index in [9.17, 15) is 0 Å². The minimum Gasteiger partial charge on any atom is -0.340 e. The molecule has 1 heterocycles. The van der Waals surface area contributed by atoms with Crippen LogP contribution in [0.1, 0.15) is 18.9 Å². The van der Waals surface area contributed by atoms with Gasteiger partial charge in [-0.1, -0.05) is 22.9 Å². The summed E-state index contributed by atoms with van der Waals surface area (Å²) in [7, 11) is 4.16. The van der Waals surface area contributed by atoms with Gasteiger partial charge in [0.1, 0.15) is 0 Å². The lowest BCUT2D eigenvalue weighted by atomic mass is 10.4. The molecule has 1 aromatic heterocycles. The molecule has 0 unspecified atom stereocenters. The predicted molar refractivity (Wildman–Crippen MR) is 75.7 cm³/mol. The first kappa shape index (κ1) is 14.4. The highest BCUT2D eigenvalue weighted by Gasteiger charge is 2.08. The van der Waals surface area contributed by atoms with Gasteiger partial charge in [-0.2, -0.15) is 0 Å². The molecule has 0 aliphatic rings. The van der Waals surface area contributed by atoms with Crippen LogP contribution in [0, 0.1) is 0 Å². The molecule has 0 atom stereocenters. The summed E-state index contributed by atoms with van der Waals surface area (Å²) in [6.07, 6.45) is 4.88. The molecule has 0 saturated heterocycles. The lowest BCUT2D eigenvalue weighted by Gasteiger charge is -2.23. The Balaban J connectivity index is 2.67. The Morgan fingerprint density at radius 3 is 2.24 bits per heavy atom. The smallest absolute Gasteiger partial charge is 0.225 e. The Kier molecular flexibility index (Phi) is 6.44. The van der Waals surface area contributed by atoms with E-state index in [2.05, 4.69) is 56.7 Å². The zero-order valence-corrected chi connectivity index (χ0v) is 12.4. The van der Waals surface area contributed by atoms with Crippen LogP contribution in [0.15, 0.2) is 12.4 Å². The second-order valence-electron chi connectivity index (χ2n) is 4.32. The van der Waals surface area contributed by atoms with Gasteiger partial charge >= 0.3 is 0 Å². The van der Waals surface area contributed by atoms with Crippen molar-refractivity contribution in [3.8, 4) is 0 Å². The highest BCUT2D eigenvalue weighted by atomic mass is 79.9. The summed E-state index contributed by atoms with van der Waals surface area (Å²) in [5, 5.41) is 0.804. The van der Waals surface area contributed by atoms with E-state index in [4.69, 9.17) is 0 Å². The Hall–Kier alpha value is -0.680. The SMILES string of the molecule is CCCN(CCN(C)C)c1ncc(CBr)cn1. The van der Waals surface area contributed by atoms with Crippen LogP contribution in [0.5, 0.6) is 0 Å². The van der Waals surface area contributed by atoms with Crippen molar-refractivity contribution >= 4 is 21.9 Å². The number of aromatic nitrogens is 2. The quantitative estimate of drug-likeness (QED) is 0.722. The van der Waals surface area contributed by atoms with Gasteiger partial charge in [0, 0.05) is 37.4 Å². The van der Waals surface area contributed by atoms with Crippen molar-refractivity contribution in [1.82, 2.24) is 14.9 Å². The summed E-state index contributed by atoms with van der Waals surface area (Å²) in [4.78, 5) is 13.2. The van der Waals surface area contributed by atoms with Crippen molar-refractivity contribution in [2.75, 3.05) is 38.6 Å². The largest absolute Gasteiger partial charge is 0.340 e. The van der Waals surface area contributed by atoms with Gasteiger partial charge < -0.3 is 9.80 Å². The molecule has 0 bridgehead atoms. The van der Waals surface area contributed by atoms with Crippen LogP contribution in [-0.2, 0) is 5.33 Å². The molecular weight excluding hydrogens is 280 g/mol. The van der Waals surface area contributed by atoms with Gasteiger partial charge in [0.05, 0.1) is 0 Å². The molecule has 5 heteroatoms. The van der Waals surface area contributed by atoms with Crippen molar-refractivity contribution in [2.45, 2.75) is 18.7 Å². The molecule has 4 nitrogen and oxygen atoms in total. The maximum atomic E-state index is 4.41. The number of halogens is 1. The minimum absolute atomic E-state index is 0.804. The van der Waals surface area contributed by atoms with Crippen molar-refractivity contribution < 1.29 is 0 Å². The summed E-state index contributed by atoms with van der Waals surface area (Å²) in [6.45, 7) is 5.16. The van der Waals surface area contributed by atoms with Crippen LogP contribution >= 0.6 is 15.9 Å². The zero-order valence-electron chi connectivity index (χ0n) is 10.9. The standard InChI is InChI=1S/C12H21BrN4/c1-4-5-17(7-6-16(2)3)12-14-9-11(8-13)10-15-12/h9-10H,4-8H2,1-3H3. The second-order valence-corrected chi connectivity index (χ2v) is 4.88. The fraction of sp³-hybridized carbons (Fsp3) is 0.667. The maximum Gasteiger partial charge on any atom is 0.225 e. The normalized spacial score (nSPS) is 10.9. The summed E-state index contributed by atoms with van der Waals surface area (Å²) in [6, 6.07) is 0. The monoisotopic (exact) mass is 300 g/mol. The molecule has 1 aromatic rings. The average Bonchev–Trinajstić information content (AvgIpc) is 2.34. The molecule has 0 aliphatic carbocycles. The number of anilines is 1. The van der Waals surface area contributed by atoms with Crippen LogP contribution in [0.4, 0.5) is 5.95 Å². The molecule has 96 valence electrons. The van der Waals surface area contributed by atoms with Crippen LogP contribution in [-0.4, -0.2) is 48.6 Å². The number of hydrogen-bond donors (Lipinski definition) is 0. The Morgan fingerprint density at radius 1 is 1.12 bits per heavy atom. The fourth-order valence-electron chi connectivity index (χ4n) is 1.48. The van der Waals surface area contributed by atoms with E-state index in [-0.39, 0.29) is 0 Å². The van der Waals surface area contributed by atoms with Gasteiger partial charge in [-0.05, 0) is 26.1 Å².